The zero-order valence-corrected chi connectivity index (χ0v) is 19.6. The number of ether oxygens (including phenoxy) is 2. The van der Waals surface area contributed by atoms with Gasteiger partial charge in [-0.3, -0.25) is 9.69 Å². The molecule has 0 radical (unpaired) electrons. The number of nitrogens with zero attached hydrogens (tertiary/aromatic N) is 5. The lowest BCUT2D eigenvalue weighted by Gasteiger charge is -2.34. The molecule has 3 unspecified atom stereocenters. The van der Waals surface area contributed by atoms with Gasteiger partial charge < -0.3 is 19.3 Å². The number of aromatic nitrogens is 2. The summed E-state index contributed by atoms with van der Waals surface area (Å²) in [6.07, 6.45) is -1.08. The molecule has 9 nitrogen and oxygen atoms in total. The highest BCUT2D eigenvalue weighted by atomic mass is 32.2. The van der Waals surface area contributed by atoms with Gasteiger partial charge in [0, 0.05) is 49.1 Å². The molecular formula is C21H25N5O4S2. The quantitative estimate of drug-likeness (QED) is 0.660. The van der Waals surface area contributed by atoms with Gasteiger partial charge in [0.05, 0.1) is 12.4 Å². The summed E-state index contributed by atoms with van der Waals surface area (Å²) < 4.78 is 11.2. The SMILES string of the molecule is COc1ccc2ccc(N3C(=O)C4SCCSC4C3OC(=O)N3CCN(C)CC3)nc2n1. The summed E-state index contributed by atoms with van der Waals surface area (Å²) in [6, 6.07) is 7.31. The predicted octanol–water partition coefficient (Wildman–Crippen LogP) is 1.91. The van der Waals surface area contributed by atoms with Crippen molar-refractivity contribution in [2.45, 2.75) is 16.7 Å². The lowest BCUT2D eigenvalue weighted by Crippen LogP contribution is -2.50. The van der Waals surface area contributed by atoms with Crippen LogP contribution in [0.4, 0.5) is 10.6 Å². The molecule has 0 bridgehead atoms. The van der Waals surface area contributed by atoms with Crippen molar-refractivity contribution in [1.29, 1.82) is 0 Å². The molecule has 5 rings (SSSR count). The number of pyridine rings is 2. The van der Waals surface area contributed by atoms with Crippen LogP contribution in [0.25, 0.3) is 11.0 Å². The van der Waals surface area contributed by atoms with Crippen LogP contribution >= 0.6 is 23.5 Å². The number of likely N-dealkylation sites (N-methyl/N-ethyl adjacent to an activating group) is 1. The summed E-state index contributed by atoms with van der Waals surface area (Å²) in [7, 11) is 3.59. The van der Waals surface area contributed by atoms with Crippen molar-refractivity contribution in [2.75, 3.05) is 56.7 Å². The maximum Gasteiger partial charge on any atom is 0.411 e. The maximum absolute atomic E-state index is 13.4. The minimum absolute atomic E-state index is 0.0712. The summed E-state index contributed by atoms with van der Waals surface area (Å²) in [6.45, 7) is 2.84. The highest BCUT2D eigenvalue weighted by Crippen LogP contribution is 2.43. The molecule has 2 aromatic heterocycles. The van der Waals surface area contributed by atoms with Gasteiger partial charge >= 0.3 is 6.09 Å². The van der Waals surface area contributed by atoms with E-state index < -0.39 is 6.23 Å². The molecular weight excluding hydrogens is 450 g/mol. The van der Waals surface area contributed by atoms with Crippen LogP contribution in [0.1, 0.15) is 0 Å². The molecule has 0 N–H and O–H groups in total. The van der Waals surface area contributed by atoms with Crippen molar-refractivity contribution >= 4 is 52.4 Å². The molecule has 2 aromatic rings. The monoisotopic (exact) mass is 475 g/mol. The molecule has 5 heterocycles. The van der Waals surface area contributed by atoms with Gasteiger partial charge in [-0.1, -0.05) is 0 Å². The van der Waals surface area contributed by atoms with Crippen molar-refractivity contribution in [3.63, 3.8) is 0 Å². The van der Waals surface area contributed by atoms with Crippen LogP contribution < -0.4 is 9.64 Å². The van der Waals surface area contributed by atoms with Gasteiger partial charge in [0.25, 0.3) is 0 Å². The highest BCUT2D eigenvalue weighted by Gasteiger charge is 2.53. The van der Waals surface area contributed by atoms with Crippen LogP contribution in [-0.2, 0) is 9.53 Å². The Morgan fingerprint density at radius 2 is 1.81 bits per heavy atom. The second-order valence-corrected chi connectivity index (χ2v) is 10.5. The first-order valence-corrected chi connectivity index (χ1v) is 12.7. The second kappa shape index (κ2) is 8.95. The number of piperazine rings is 1. The molecule has 2 amide bonds. The van der Waals surface area contributed by atoms with Crippen LogP contribution in [0, 0.1) is 0 Å². The summed E-state index contributed by atoms with van der Waals surface area (Å²) in [5, 5.41) is 0.455. The normalized spacial score (nSPS) is 26.3. The van der Waals surface area contributed by atoms with E-state index in [0.717, 1.165) is 30.0 Å². The van der Waals surface area contributed by atoms with Gasteiger partial charge in [-0.15, -0.1) is 11.8 Å². The van der Waals surface area contributed by atoms with Crippen molar-refractivity contribution in [3.8, 4) is 5.88 Å². The molecule has 0 aromatic carbocycles. The smallest absolute Gasteiger partial charge is 0.411 e. The summed E-state index contributed by atoms with van der Waals surface area (Å²) in [4.78, 5) is 40.9. The zero-order chi connectivity index (χ0) is 22.2. The van der Waals surface area contributed by atoms with Gasteiger partial charge in [0.2, 0.25) is 11.8 Å². The average Bonchev–Trinajstić information content (AvgIpc) is 3.10. The Kier molecular flexibility index (Phi) is 6.04. The molecule has 32 heavy (non-hydrogen) atoms. The third-order valence-corrected chi connectivity index (χ3v) is 9.01. The van der Waals surface area contributed by atoms with E-state index in [1.165, 1.54) is 0 Å². The fraction of sp³-hybridized carbons (Fsp3) is 0.524. The van der Waals surface area contributed by atoms with Gasteiger partial charge in [-0.05, 0) is 25.2 Å². The van der Waals surface area contributed by atoms with E-state index in [1.54, 1.807) is 52.6 Å². The van der Waals surface area contributed by atoms with E-state index in [2.05, 4.69) is 14.9 Å². The van der Waals surface area contributed by atoms with Crippen LogP contribution in [0.3, 0.4) is 0 Å². The van der Waals surface area contributed by atoms with E-state index in [0.29, 0.717) is 30.4 Å². The number of rotatable bonds is 3. The van der Waals surface area contributed by atoms with Crippen LogP contribution in [0.15, 0.2) is 24.3 Å². The minimum atomic E-state index is -0.701. The minimum Gasteiger partial charge on any atom is -0.481 e. The van der Waals surface area contributed by atoms with Gasteiger partial charge in [-0.25, -0.2) is 9.78 Å². The van der Waals surface area contributed by atoms with Gasteiger partial charge in [0.15, 0.2) is 11.9 Å². The Morgan fingerprint density at radius 3 is 2.59 bits per heavy atom. The summed E-state index contributed by atoms with van der Waals surface area (Å²) in [5.74, 6) is 2.63. The zero-order valence-electron chi connectivity index (χ0n) is 18.0. The molecule has 3 saturated heterocycles. The summed E-state index contributed by atoms with van der Waals surface area (Å²) >= 11 is 3.32. The Labute approximate surface area is 194 Å². The molecule has 11 heteroatoms. The lowest BCUT2D eigenvalue weighted by molar-refractivity contribution is -0.117. The highest BCUT2D eigenvalue weighted by molar-refractivity contribution is 8.07. The number of anilines is 1. The third-order valence-electron chi connectivity index (χ3n) is 5.96. The van der Waals surface area contributed by atoms with Crippen molar-refractivity contribution < 1.29 is 19.1 Å². The first kappa shape index (κ1) is 21.6. The van der Waals surface area contributed by atoms with E-state index in [9.17, 15) is 9.59 Å². The van der Waals surface area contributed by atoms with Crippen LogP contribution in [-0.4, -0.2) is 100 Å². The van der Waals surface area contributed by atoms with E-state index >= 15 is 0 Å². The molecule has 170 valence electrons. The molecule has 3 aliphatic rings. The number of hydrogen-bond acceptors (Lipinski definition) is 9. The predicted molar refractivity (Wildman–Crippen MR) is 125 cm³/mol. The molecule has 0 aliphatic carbocycles. The van der Waals surface area contributed by atoms with Gasteiger partial charge in [-0.2, -0.15) is 16.7 Å². The van der Waals surface area contributed by atoms with Crippen molar-refractivity contribution in [3.05, 3.63) is 24.3 Å². The van der Waals surface area contributed by atoms with Crippen LogP contribution in [0.5, 0.6) is 5.88 Å². The van der Waals surface area contributed by atoms with E-state index in [1.807, 2.05) is 19.2 Å². The van der Waals surface area contributed by atoms with Crippen LogP contribution in [0.2, 0.25) is 0 Å². The lowest BCUT2D eigenvalue weighted by atomic mass is 10.3. The largest absolute Gasteiger partial charge is 0.481 e. The Bertz CT molecular complexity index is 1030. The number of methoxy groups -OCH3 is 1. The molecule has 3 fully saturated rings. The Balaban J connectivity index is 1.46. The number of thioether (sulfide) groups is 2. The topological polar surface area (TPSA) is 88.1 Å². The first-order chi connectivity index (χ1) is 15.5. The maximum atomic E-state index is 13.4. The van der Waals surface area contributed by atoms with E-state index in [4.69, 9.17) is 9.47 Å². The number of hydrogen-bond donors (Lipinski definition) is 0. The van der Waals surface area contributed by atoms with Crippen molar-refractivity contribution in [2.24, 2.45) is 0 Å². The van der Waals surface area contributed by atoms with Crippen molar-refractivity contribution in [1.82, 2.24) is 19.8 Å². The molecule has 3 atom stereocenters. The fourth-order valence-corrected chi connectivity index (χ4v) is 7.12. The molecule has 3 aliphatic heterocycles. The number of carbonyl (C=O) groups excluding carboxylic acids is 2. The molecule has 0 saturated carbocycles. The van der Waals surface area contributed by atoms with Gasteiger partial charge in [0.1, 0.15) is 11.1 Å². The second-order valence-electron chi connectivity index (χ2n) is 7.97. The summed E-state index contributed by atoms with van der Waals surface area (Å²) in [5.41, 5.74) is 0.481. The standard InChI is InChI=1S/C21H25N5O4S2/c1-24-7-9-25(10-8-24)21(28)30-20-17-16(31-11-12-32-17)19(27)26(20)14-5-3-13-4-6-15(29-2)23-18(13)22-14/h3-6,16-17,20H,7-12H2,1-2H3. The third kappa shape index (κ3) is 3.97. The average molecular weight is 476 g/mol. The first-order valence-electron chi connectivity index (χ1n) is 10.6. The molecule has 0 spiro atoms. The number of carbonyl (C=O) groups is 2. The number of amides is 2. The fourth-order valence-electron chi connectivity index (χ4n) is 4.14. The Morgan fingerprint density at radius 1 is 1.06 bits per heavy atom. The van der Waals surface area contributed by atoms with E-state index in [-0.39, 0.29) is 22.5 Å². The Hall–Kier alpha value is -2.24. The number of fused-ring (bicyclic) bond motifs is 2.